The molecule has 4 amide bonds. The average molecular weight is 355 g/mol. The van der Waals surface area contributed by atoms with Crippen LogP contribution in [0.1, 0.15) is 52.0 Å². The predicted octanol–water partition coefficient (Wildman–Crippen LogP) is 0.630. The monoisotopic (exact) mass is 355 g/mol. The van der Waals surface area contributed by atoms with Gasteiger partial charge < -0.3 is 5.32 Å². The lowest BCUT2D eigenvalue weighted by atomic mass is 9.90. The molecule has 2 saturated heterocycles. The molecule has 0 aromatic heterocycles. The van der Waals surface area contributed by atoms with Gasteiger partial charge in [-0.1, -0.05) is 6.07 Å². The van der Waals surface area contributed by atoms with Gasteiger partial charge in [0.05, 0.1) is 11.1 Å². The third-order valence-electron chi connectivity index (χ3n) is 5.49. The average Bonchev–Trinajstić information content (AvgIpc) is 2.87. The van der Waals surface area contributed by atoms with E-state index in [2.05, 4.69) is 10.6 Å². The molecular formula is C19H21N3O4. The molecule has 2 N–H and O–H groups in total. The molecule has 0 bridgehead atoms. The van der Waals surface area contributed by atoms with Crippen molar-refractivity contribution in [2.24, 2.45) is 5.92 Å². The fourth-order valence-electron chi connectivity index (χ4n) is 4.06. The van der Waals surface area contributed by atoms with Crippen molar-refractivity contribution >= 4 is 23.6 Å². The van der Waals surface area contributed by atoms with E-state index in [9.17, 15) is 19.2 Å². The molecule has 3 aliphatic heterocycles. The topological polar surface area (TPSA) is 95.6 Å². The number of hydrogen-bond acceptors (Lipinski definition) is 5. The molecule has 0 saturated carbocycles. The Kier molecular flexibility index (Phi) is 4.32. The van der Waals surface area contributed by atoms with E-state index in [1.54, 1.807) is 12.1 Å². The van der Waals surface area contributed by atoms with Crippen LogP contribution < -0.4 is 10.6 Å². The van der Waals surface area contributed by atoms with E-state index in [0.717, 1.165) is 42.8 Å². The first kappa shape index (κ1) is 16.9. The number of rotatable bonds is 3. The van der Waals surface area contributed by atoms with Crippen molar-refractivity contribution < 1.29 is 19.2 Å². The van der Waals surface area contributed by atoms with Gasteiger partial charge in [0.2, 0.25) is 11.8 Å². The molecule has 7 heteroatoms. The minimum Gasteiger partial charge on any atom is -0.317 e. The summed E-state index contributed by atoms with van der Waals surface area (Å²) in [6, 6.07) is 4.48. The van der Waals surface area contributed by atoms with E-state index in [1.807, 2.05) is 6.07 Å². The van der Waals surface area contributed by atoms with E-state index in [-0.39, 0.29) is 18.7 Å². The molecule has 0 spiro atoms. The van der Waals surface area contributed by atoms with Crippen molar-refractivity contribution in [1.29, 1.82) is 0 Å². The number of benzene rings is 1. The number of nitrogens with zero attached hydrogens (tertiary/aromatic N) is 1. The second-order valence-corrected chi connectivity index (χ2v) is 7.22. The minimum absolute atomic E-state index is 0.130. The van der Waals surface area contributed by atoms with Gasteiger partial charge in [0, 0.05) is 6.42 Å². The summed E-state index contributed by atoms with van der Waals surface area (Å²) < 4.78 is 0. The molecule has 136 valence electrons. The first-order chi connectivity index (χ1) is 12.5. The molecule has 7 nitrogen and oxygen atoms in total. The number of carbonyl (C=O) groups is 4. The molecule has 1 aromatic rings. The first-order valence-electron chi connectivity index (χ1n) is 9.10. The highest BCUT2D eigenvalue weighted by Gasteiger charge is 2.44. The van der Waals surface area contributed by atoms with Crippen LogP contribution in [0.15, 0.2) is 18.2 Å². The number of imide groups is 2. The molecule has 2 fully saturated rings. The number of amides is 4. The van der Waals surface area contributed by atoms with Gasteiger partial charge in [0.25, 0.3) is 11.8 Å². The number of carbonyl (C=O) groups excluding carboxylic acids is 4. The van der Waals surface area contributed by atoms with Crippen molar-refractivity contribution in [2.45, 2.75) is 38.1 Å². The highest BCUT2D eigenvalue weighted by atomic mass is 16.2. The summed E-state index contributed by atoms with van der Waals surface area (Å²) in [7, 11) is 0. The Balaban J connectivity index is 1.56. The SMILES string of the molecule is O=C1CCC(N2C(=O)c3ccc(CC4CCNCC4)cc3C2=O)C(=O)N1. The van der Waals surface area contributed by atoms with Crippen LogP contribution in [-0.4, -0.2) is 47.7 Å². The maximum absolute atomic E-state index is 12.8. The number of nitrogens with one attached hydrogen (secondary N) is 2. The summed E-state index contributed by atoms with van der Waals surface area (Å²) in [5.41, 5.74) is 1.75. The molecular weight excluding hydrogens is 334 g/mol. The van der Waals surface area contributed by atoms with Crippen LogP contribution in [0.25, 0.3) is 0 Å². The summed E-state index contributed by atoms with van der Waals surface area (Å²) in [5.74, 6) is -1.26. The Hall–Kier alpha value is -2.54. The molecule has 26 heavy (non-hydrogen) atoms. The van der Waals surface area contributed by atoms with Gasteiger partial charge >= 0.3 is 0 Å². The fraction of sp³-hybridized carbons (Fsp3) is 0.474. The second kappa shape index (κ2) is 6.64. The molecule has 0 aliphatic carbocycles. The predicted molar refractivity (Wildman–Crippen MR) is 92.4 cm³/mol. The third-order valence-corrected chi connectivity index (χ3v) is 5.49. The van der Waals surface area contributed by atoms with Crippen LogP contribution in [0, 0.1) is 5.92 Å². The molecule has 0 radical (unpaired) electrons. The maximum atomic E-state index is 12.8. The molecule has 4 rings (SSSR count). The van der Waals surface area contributed by atoms with Crippen LogP contribution >= 0.6 is 0 Å². The van der Waals surface area contributed by atoms with E-state index in [4.69, 9.17) is 0 Å². The summed E-state index contributed by atoms with van der Waals surface area (Å²) in [4.78, 5) is 49.9. The molecule has 1 unspecified atom stereocenters. The summed E-state index contributed by atoms with van der Waals surface area (Å²) in [6.07, 6.45) is 3.40. The Bertz CT molecular complexity index is 798. The zero-order valence-corrected chi connectivity index (χ0v) is 14.4. The lowest BCUT2D eigenvalue weighted by Crippen LogP contribution is -2.54. The Morgan fingerprint density at radius 3 is 2.42 bits per heavy atom. The Morgan fingerprint density at radius 1 is 0.962 bits per heavy atom. The minimum atomic E-state index is -0.909. The van der Waals surface area contributed by atoms with Crippen LogP contribution in [0.4, 0.5) is 0 Å². The number of fused-ring (bicyclic) bond motifs is 1. The van der Waals surface area contributed by atoms with Gasteiger partial charge in [-0.15, -0.1) is 0 Å². The smallest absolute Gasteiger partial charge is 0.262 e. The van der Waals surface area contributed by atoms with E-state index >= 15 is 0 Å². The maximum Gasteiger partial charge on any atom is 0.262 e. The van der Waals surface area contributed by atoms with Crippen LogP contribution in [0.2, 0.25) is 0 Å². The van der Waals surface area contributed by atoms with Gasteiger partial charge in [-0.3, -0.25) is 29.4 Å². The standard InChI is InChI=1S/C19H21N3O4/c23-16-4-3-15(17(24)21-16)22-18(25)13-2-1-12(10-14(13)19(22)26)9-11-5-7-20-8-6-11/h1-2,10-11,15,20H,3-9H2,(H,21,23,24). The lowest BCUT2D eigenvalue weighted by molar-refractivity contribution is -0.136. The van der Waals surface area contributed by atoms with Gasteiger partial charge in [0.15, 0.2) is 0 Å². The molecule has 1 atom stereocenters. The highest BCUT2D eigenvalue weighted by Crippen LogP contribution is 2.29. The van der Waals surface area contributed by atoms with Crippen molar-refractivity contribution in [3.8, 4) is 0 Å². The Labute approximate surface area is 151 Å². The number of hydrogen-bond donors (Lipinski definition) is 2. The zero-order chi connectivity index (χ0) is 18.3. The zero-order valence-electron chi connectivity index (χ0n) is 14.4. The number of piperidine rings is 2. The Morgan fingerprint density at radius 2 is 1.69 bits per heavy atom. The van der Waals surface area contributed by atoms with Crippen molar-refractivity contribution in [1.82, 2.24) is 15.5 Å². The van der Waals surface area contributed by atoms with Crippen LogP contribution in [0.3, 0.4) is 0 Å². The highest BCUT2D eigenvalue weighted by molar-refractivity contribution is 6.23. The van der Waals surface area contributed by atoms with Crippen molar-refractivity contribution in [2.75, 3.05) is 13.1 Å². The van der Waals surface area contributed by atoms with E-state index in [1.165, 1.54) is 0 Å². The van der Waals surface area contributed by atoms with Gasteiger partial charge in [-0.25, -0.2) is 0 Å². The summed E-state index contributed by atoms with van der Waals surface area (Å²) >= 11 is 0. The van der Waals surface area contributed by atoms with Crippen molar-refractivity contribution in [3.63, 3.8) is 0 Å². The van der Waals surface area contributed by atoms with E-state index < -0.39 is 23.8 Å². The van der Waals surface area contributed by atoms with Gasteiger partial charge in [-0.05, 0) is 62.4 Å². The quantitative estimate of drug-likeness (QED) is 0.776. The van der Waals surface area contributed by atoms with E-state index in [0.29, 0.717) is 17.0 Å². The largest absolute Gasteiger partial charge is 0.317 e. The van der Waals surface area contributed by atoms with Crippen LogP contribution in [0.5, 0.6) is 0 Å². The molecule has 3 aliphatic rings. The first-order valence-corrected chi connectivity index (χ1v) is 9.10. The molecule has 1 aromatic carbocycles. The molecule has 3 heterocycles. The van der Waals surface area contributed by atoms with Gasteiger partial charge in [-0.2, -0.15) is 0 Å². The fourth-order valence-corrected chi connectivity index (χ4v) is 4.06. The van der Waals surface area contributed by atoms with Crippen LogP contribution in [-0.2, 0) is 16.0 Å². The van der Waals surface area contributed by atoms with Crippen molar-refractivity contribution in [3.05, 3.63) is 34.9 Å². The lowest BCUT2D eigenvalue weighted by Gasteiger charge is -2.27. The summed E-state index contributed by atoms with van der Waals surface area (Å²) in [6.45, 7) is 2.02. The second-order valence-electron chi connectivity index (χ2n) is 7.22. The third kappa shape index (κ3) is 2.92. The normalized spacial score (nSPS) is 24.0. The van der Waals surface area contributed by atoms with Gasteiger partial charge in [0.1, 0.15) is 6.04 Å². The summed E-state index contributed by atoms with van der Waals surface area (Å²) in [5, 5.41) is 5.55.